The van der Waals surface area contributed by atoms with E-state index in [0.29, 0.717) is 11.7 Å². The van der Waals surface area contributed by atoms with E-state index in [2.05, 4.69) is 24.1 Å². The van der Waals surface area contributed by atoms with Crippen molar-refractivity contribution in [2.45, 2.75) is 26.3 Å². The lowest BCUT2D eigenvalue weighted by atomic mass is 10.0. The van der Waals surface area contributed by atoms with Gasteiger partial charge in [0.05, 0.1) is 12.6 Å². The first-order valence-electron chi connectivity index (χ1n) is 5.60. The number of nitrogens with zero attached hydrogens (tertiary/aromatic N) is 1. The highest BCUT2D eigenvalue weighted by molar-refractivity contribution is 5.85. The number of rotatable bonds is 6. The van der Waals surface area contributed by atoms with Crippen LogP contribution in [0.25, 0.3) is 0 Å². The van der Waals surface area contributed by atoms with Gasteiger partial charge in [-0.1, -0.05) is 19.9 Å². The Morgan fingerprint density at radius 1 is 1.47 bits per heavy atom. The number of aliphatic hydroxyl groups is 1. The number of aliphatic hydroxyl groups excluding tert-OH is 1. The standard InChI is InChI=1S/C12H18N2O3/c1-8(2)6-9(7-15)13-11-5-3-4-10(14-11)12(16)17/h3-5,8-9,15H,6-7H2,1-2H3,(H,13,14)(H,16,17). The van der Waals surface area contributed by atoms with Crippen LogP contribution in [0.3, 0.4) is 0 Å². The van der Waals surface area contributed by atoms with Crippen molar-refractivity contribution in [3.05, 3.63) is 23.9 Å². The third-order valence-corrected chi connectivity index (χ3v) is 2.30. The number of aromatic nitrogens is 1. The van der Waals surface area contributed by atoms with Crippen molar-refractivity contribution in [1.82, 2.24) is 4.98 Å². The van der Waals surface area contributed by atoms with E-state index in [1.165, 1.54) is 6.07 Å². The summed E-state index contributed by atoms with van der Waals surface area (Å²) in [4.78, 5) is 14.7. The molecule has 0 saturated carbocycles. The summed E-state index contributed by atoms with van der Waals surface area (Å²) >= 11 is 0. The van der Waals surface area contributed by atoms with Gasteiger partial charge < -0.3 is 15.5 Å². The molecule has 1 aromatic rings. The summed E-state index contributed by atoms with van der Waals surface area (Å²) < 4.78 is 0. The molecule has 1 aromatic heterocycles. The molecule has 5 heteroatoms. The van der Waals surface area contributed by atoms with Gasteiger partial charge in [0.25, 0.3) is 0 Å². The number of hydrogen-bond acceptors (Lipinski definition) is 4. The van der Waals surface area contributed by atoms with Crippen LogP contribution in [-0.2, 0) is 0 Å². The van der Waals surface area contributed by atoms with Gasteiger partial charge in [0.15, 0.2) is 5.69 Å². The zero-order valence-corrected chi connectivity index (χ0v) is 10.1. The molecule has 1 unspecified atom stereocenters. The van der Waals surface area contributed by atoms with Crippen molar-refractivity contribution in [2.24, 2.45) is 5.92 Å². The predicted molar refractivity (Wildman–Crippen MR) is 65.1 cm³/mol. The van der Waals surface area contributed by atoms with Gasteiger partial charge in [-0.05, 0) is 24.5 Å². The summed E-state index contributed by atoms with van der Waals surface area (Å²) in [6.07, 6.45) is 0.801. The second-order valence-corrected chi connectivity index (χ2v) is 4.37. The predicted octanol–water partition coefficient (Wildman–Crippen LogP) is 1.60. The van der Waals surface area contributed by atoms with Crippen molar-refractivity contribution in [3.8, 4) is 0 Å². The number of pyridine rings is 1. The quantitative estimate of drug-likeness (QED) is 0.701. The molecule has 3 N–H and O–H groups in total. The molecule has 5 nitrogen and oxygen atoms in total. The summed E-state index contributed by atoms with van der Waals surface area (Å²) in [5.41, 5.74) is -0.00348. The van der Waals surface area contributed by atoms with Gasteiger partial charge >= 0.3 is 5.97 Å². The van der Waals surface area contributed by atoms with Gasteiger partial charge in [0, 0.05) is 0 Å². The van der Waals surface area contributed by atoms with E-state index >= 15 is 0 Å². The third kappa shape index (κ3) is 4.40. The summed E-state index contributed by atoms with van der Waals surface area (Å²) in [6, 6.07) is 4.65. The first-order valence-corrected chi connectivity index (χ1v) is 5.60. The molecule has 0 aliphatic heterocycles. The Morgan fingerprint density at radius 2 is 2.18 bits per heavy atom. The number of anilines is 1. The molecule has 0 radical (unpaired) electrons. The van der Waals surface area contributed by atoms with E-state index < -0.39 is 5.97 Å². The van der Waals surface area contributed by atoms with E-state index in [4.69, 9.17) is 5.11 Å². The molecule has 1 rings (SSSR count). The van der Waals surface area contributed by atoms with Crippen LogP contribution in [0.2, 0.25) is 0 Å². The number of carbonyl (C=O) groups is 1. The molecular weight excluding hydrogens is 220 g/mol. The highest BCUT2D eigenvalue weighted by Gasteiger charge is 2.11. The minimum Gasteiger partial charge on any atom is -0.477 e. The third-order valence-electron chi connectivity index (χ3n) is 2.30. The van der Waals surface area contributed by atoms with E-state index in [1.807, 2.05) is 0 Å². The van der Waals surface area contributed by atoms with Crippen LogP contribution in [0.5, 0.6) is 0 Å². The zero-order valence-electron chi connectivity index (χ0n) is 10.1. The van der Waals surface area contributed by atoms with Crippen molar-refractivity contribution in [2.75, 3.05) is 11.9 Å². The molecule has 1 atom stereocenters. The Kier molecular flexibility index (Phi) is 4.90. The number of carboxylic acid groups (broad SMARTS) is 1. The molecule has 0 fully saturated rings. The normalized spacial score (nSPS) is 12.5. The minimum absolute atomic E-state index is 0.00282. The second kappa shape index (κ2) is 6.20. The van der Waals surface area contributed by atoms with Crippen molar-refractivity contribution in [3.63, 3.8) is 0 Å². The SMILES string of the molecule is CC(C)CC(CO)Nc1cccc(C(=O)O)n1. The maximum absolute atomic E-state index is 10.7. The topological polar surface area (TPSA) is 82.5 Å². The van der Waals surface area contributed by atoms with Gasteiger partial charge in [-0.25, -0.2) is 9.78 Å². The van der Waals surface area contributed by atoms with Gasteiger partial charge in [-0.3, -0.25) is 0 Å². The largest absolute Gasteiger partial charge is 0.477 e. The molecule has 0 aliphatic carbocycles. The van der Waals surface area contributed by atoms with E-state index in [1.54, 1.807) is 12.1 Å². The average Bonchev–Trinajstić information content (AvgIpc) is 2.28. The monoisotopic (exact) mass is 238 g/mol. The van der Waals surface area contributed by atoms with E-state index in [9.17, 15) is 9.90 Å². The minimum atomic E-state index is -1.06. The van der Waals surface area contributed by atoms with Crippen LogP contribution < -0.4 is 5.32 Å². The maximum atomic E-state index is 10.7. The number of carboxylic acids is 1. The summed E-state index contributed by atoms with van der Waals surface area (Å²) in [6.45, 7) is 4.12. The first kappa shape index (κ1) is 13.4. The molecule has 94 valence electrons. The first-order chi connectivity index (χ1) is 8.02. The Bertz CT molecular complexity index is 380. The highest BCUT2D eigenvalue weighted by atomic mass is 16.4. The van der Waals surface area contributed by atoms with Gasteiger partial charge in [-0.2, -0.15) is 0 Å². The molecule has 0 spiro atoms. The summed E-state index contributed by atoms with van der Waals surface area (Å²) in [5.74, 6) is -0.134. The molecule has 0 bridgehead atoms. The van der Waals surface area contributed by atoms with Crippen LogP contribution in [-0.4, -0.2) is 33.8 Å². The zero-order chi connectivity index (χ0) is 12.8. The fourth-order valence-electron chi connectivity index (χ4n) is 1.59. The van der Waals surface area contributed by atoms with Crippen LogP contribution >= 0.6 is 0 Å². The van der Waals surface area contributed by atoms with Crippen molar-refractivity contribution in [1.29, 1.82) is 0 Å². The van der Waals surface area contributed by atoms with Crippen LogP contribution in [0.15, 0.2) is 18.2 Å². The summed E-state index contributed by atoms with van der Waals surface area (Å²) in [5, 5.41) is 21.0. The molecule has 0 amide bonds. The van der Waals surface area contributed by atoms with Crippen LogP contribution in [0.4, 0.5) is 5.82 Å². The molecule has 1 heterocycles. The smallest absolute Gasteiger partial charge is 0.354 e. The lowest BCUT2D eigenvalue weighted by molar-refractivity contribution is 0.0690. The fraction of sp³-hybridized carbons (Fsp3) is 0.500. The number of nitrogens with one attached hydrogen (secondary N) is 1. The van der Waals surface area contributed by atoms with Crippen molar-refractivity contribution >= 4 is 11.8 Å². The average molecular weight is 238 g/mol. The Labute approximate surface area is 101 Å². The Morgan fingerprint density at radius 3 is 2.71 bits per heavy atom. The molecular formula is C12H18N2O3. The fourth-order valence-corrected chi connectivity index (χ4v) is 1.59. The lowest BCUT2D eigenvalue weighted by Crippen LogP contribution is -2.26. The van der Waals surface area contributed by atoms with E-state index in [-0.39, 0.29) is 18.3 Å². The maximum Gasteiger partial charge on any atom is 0.354 e. The molecule has 0 saturated heterocycles. The molecule has 17 heavy (non-hydrogen) atoms. The molecule has 0 aromatic carbocycles. The molecule has 0 aliphatic rings. The van der Waals surface area contributed by atoms with Crippen LogP contribution in [0.1, 0.15) is 30.8 Å². The van der Waals surface area contributed by atoms with Gasteiger partial charge in [-0.15, -0.1) is 0 Å². The van der Waals surface area contributed by atoms with Crippen molar-refractivity contribution < 1.29 is 15.0 Å². The second-order valence-electron chi connectivity index (χ2n) is 4.37. The lowest BCUT2D eigenvalue weighted by Gasteiger charge is -2.18. The summed E-state index contributed by atoms with van der Waals surface area (Å²) in [7, 11) is 0. The number of aromatic carboxylic acids is 1. The van der Waals surface area contributed by atoms with Crippen LogP contribution in [0, 0.1) is 5.92 Å². The van der Waals surface area contributed by atoms with Gasteiger partial charge in [0.2, 0.25) is 0 Å². The Balaban J connectivity index is 2.72. The number of hydrogen-bond donors (Lipinski definition) is 3. The highest BCUT2D eigenvalue weighted by Crippen LogP contribution is 2.11. The van der Waals surface area contributed by atoms with E-state index in [0.717, 1.165) is 6.42 Å². The van der Waals surface area contributed by atoms with Gasteiger partial charge in [0.1, 0.15) is 5.82 Å². The Hall–Kier alpha value is -1.62.